The number of benzene rings is 3. The molecule has 12 aromatic rings. The third kappa shape index (κ3) is 18.6. The third-order valence-corrected chi connectivity index (χ3v) is 17.6. The van der Waals surface area contributed by atoms with Crippen molar-refractivity contribution in [3.8, 4) is 35.5 Å². The number of hydrogen-bond acceptors (Lipinski definition) is 18. The molecule has 24 nitrogen and oxygen atoms in total. The highest BCUT2D eigenvalue weighted by molar-refractivity contribution is 6.05. The van der Waals surface area contributed by atoms with Gasteiger partial charge in [0.25, 0.3) is 17.7 Å². The highest BCUT2D eigenvalue weighted by Gasteiger charge is 2.39. The Bertz CT molecular complexity index is 5400. The number of nitrogens with one attached hydrogen (secondary N) is 3. The Labute approximate surface area is 620 Å². The fourth-order valence-electron chi connectivity index (χ4n) is 12.0. The number of carbonyl (C=O) groups is 3. The molecule has 0 saturated carbocycles. The van der Waals surface area contributed by atoms with Crippen molar-refractivity contribution in [2.45, 2.75) is 56.4 Å². The molecule has 558 valence electrons. The highest BCUT2D eigenvalue weighted by atomic mass is 19.4. The number of carbonyl (C=O) groups excluding carboxylic acids is 3. The Morgan fingerprint density at radius 1 is 0.445 bits per heavy atom. The zero-order valence-electron chi connectivity index (χ0n) is 58.2. The standard InChI is InChI=1S/C27H24F3N7O.C25H20F3N7O.C25H19F3N6O2/c1-35(2)23-16-36(17-23)15-19-6-7-21(11-24(19)27(28,29)30)34-26(38)20-10-18(12-31-13-20)5-8-22-14-32-25-4-3-9-33-37(22)25;26-25(27,28)22-9-20(5-4-17(22)13-34-14-19(29)15-34)33-24(36)18-8-16(10-30-11-18)3-6-21-12-31-23-2-1-7-32-35(21)23;26-25(27,28)22-9-19(5-4-17(22)13-33-14-21(35)15-33)32-24(36)18-8-16(10-29-11-18)3-6-20-12-30-23-2-1-7-31-34(20)23/h3-4,6-7,9-14,23H,15-17H2,1-2H3,(H,34,38);1-2,4-5,7-12,19H,13-15,29H2,(H,33,36);1-2,4-5,7-12,21,35H,13-15H2,(H,32,36). The van der Waals surface area contributed by atoms with E-state index in [1.54, 1.807) is 92.0 Å². The minimum atomic E-state index is -4.59. The van der Waals surface area contributed by atoms with Gasteiger partial charge in [-0.2, -0.15) is 54.8 Å². The van der Waals surface area contributed by atoms with Crippen LogP contribution in [0.4, 0.5) is 56.6 Å². The van der Waals surface area contributed by atoms with Crippen LogP contribution in [0.2, 0.25) is 0 Å². The maximum Gasteiger partial charge on any atom is 0.416 e. The fourth-order valence-corrected chi connectivity index (χ4v) is 12.0. The van der Waals surface area contributed by atoms with Gasteiger partial charge in [-0.05, 0) is 140 Å². The normalized spacial score (nSPS) is 14.2. The monoisotopic (exact) mass is 1500 g/mol. The van der Waals surface area contributed by atoms with Gasteiger partial charge in [0.05, 0.1) is 58.1 Å². The first-order chi connectivity index (χ1) is 52.7. The number of halogens is 9. The number of hydrogen-bond donors (Lipinski definition) is 5. The maximum absolute atomic E-state index is 13.8. The van der Waals surface area contributed by atoms with E-state index >= 15 is 0 Å². The number of likely N-dealkylation sites (N-methyl/N-ethyl adjacent to an activating group) is 1. The van der Waals surface area contributed by atoms with E-state index < -0.39 is 59.0 Å². The number of aliphatic hydroxyl groups excluding tert-OH is 1. The van der Waals surface area contributed by atoms with Crippen molar-refractivity contribution < 1.29 is 59.0 Å². The predicted molar refractivity (Wildman–Crippen MR) is 385 cm³/mol. The van der Waals surface area contributed by atoms with E-state index in [0.717, 1.165) is 18.2 Å². The van der Waals surface area contributed by atoms with Gasteiger partial charge in [-0.15, -0.1) is 0 Å². The first kappa shape index (κ1) is 75.4. The van der Waals surface area contributed by atoms with Gasteiger partial charge in [-0.1, -0.05) is 36.0 Å². The molecule has 0 unspecified atom stereocenters. The molecule has 15 rings (SSSR count). The van der Waals surface area contributed by atoms with Crippen molar-refractivity contribution in [3.05, 3.63) is 267 Å². The number of anilines is 3. The third-order valence-electron chi connectivity index (χ3n) is 17.6. The molecule has 110 heavy (non-hydrogen) atoms. The van der Waals surface area contributed by atoms with E-state index in [1.165, 1.54) is 91.8 Å². The second kappa shape index (κ2) is 32.3. The Morgan fingerprint density at radius 3 is 1.06 bits per heavy atom. The van der Waals surface area contributed by atoms with Gasteiger partial charge < -0.3 is 31.7 Å². The van der Waals surface area contributed by atoms with Crippen molar-refractivity contribution >= 4 is 51.7 Å². The molecular formula is C77H63F9N20O4. The predicted octanol–water partition coefficient (Wildman–Crippen LogP) is 9.45. The highest BCUT2D eigenvalue weighted by Crippen LogP contribution is 2.38. The molecule has 0 radical (unpaired) electrons. The van der Waals surface area contributed by atoms with Crippen molar-refractivity contribution in [2.75, 3.05) is 69.3 Å². The number of amides is 3. The number of β-amino-alcohol motifs (C(OH)–C–C–N with tert-alkyl or cyclic N) is 1. The number of nitrogens with two attached hydrogens (primary N) is 1. The molecule has 3 aliphatic rings. The van der Waals surface area contributed by atoms with E-state index in [1.807, 2.05) is 23.9 Å². The van der Waals surface area contributed by atoms with E-state index in [0.29, 0.717) is 96.0 Å². The number of imidazole rings is 3. The number of nitrogens with zero attached hydrogens (tertiary/aromatic N) is 16. The summed E-state index contributed by atoms with van der Waals surface area (Å²) in [5.74, 6) is 15.7. The molecule has 0 bridgehead atoms. The summed E-state index contributed by atoms with van der Waals surface area (Å²) in [7, 11) is 3.91. The Hall–Kier alpha value is -12.8. The van der Waals surface area contributed by atoms with Gasteiger partial charge in [0.15, 0.2) is 16.9 Å². The summed E-state index contributed by atoms with van der Waals surface area (Å²) in [6.45, 7) is 3.58. The first-order valence-electron chi connectivity index (χ1n) is 33.8. The zero-order valence-corrected chi connectivity index (χ0v) is 58.2. The van der Waals surface area contributed by atoms with Crippen molar-refractivity contribution in [3.63, 3.8) is 0 Å². The van der Waals surface area contributed by atoms with Gasteiger partial charge in [0.1, 0.15) is 17.1 Å². The number of aliphatic hydroxyl groups is 1. The lowest BCUT2D eigenvalue weighted by Gasteiger charge is -2.43. The quantitative estimate of drug-likeness (QED) is 0.0531. The van der Waals surface area contributed by atoms with Crippen LogP contribution in [0, 0.1) is 35.5 Å². The van der Waals surface area contributed by atoms with Crippen molar-refractivity contribution in [2.24, 2.45) is 5.73 Å². The summed E-state index contributed by atoms with van der Waals surface area (Å²) in [6, 6.07) is 26.9. The summed E-state index contributed by atoms with van der Waals surface area (Å²) in [6.07, 6.45) is 3.79. The van der Waals surface area contributed by atoms with Gasteiger partial charge >= 0.3 is 18.5 Å². The molecule has 3 aromatic carbocycles. The van der Waals surface area contributed by atoms with Crippen LogP contribution < -0.4 is 21.7 Å². The minimum absolute atomic E-state index is 0.00742. The van der Waals surface area contributed by atoms with Gasteiger partial charge in [-0.3, -0.25) is 44.0 Å². The summed E-state index contributed by atoms with van der Waals surface area (Å²) in [5.41, 5.74) is 9.23. The largest absolute Gasteiger partial charge is 0.416 e. The van der Waals surface area contributed by atoms with Crippen LogP contribution in [0.3, 0.4) is 0 Å². The van der Waals surface area contributed by atoms with Crippen LogP contribution in [-0.4, -0.2) is 173 Å². The lowest BCUT2D eigenvalue weighted by molar-refractivity contribution is -0.139. The number of pyridine rings is 3. The van der Waals surface area contributed by atoms with Crippen molar-refractivity contribution in [1.82, 2.24) is 78.3 Å². The van der Waals surface area contributed by atoms with Crippen LogP contribution in [0.15, 0.2) is 184 Å². The fraction of sp³-hybridized carbons (Fsp3) is 0.221. The molecule has 3 amide bonds. The van der Waals surface area contributed by atoms with Crippen LogP contribution in [0.1, 0.15) is 98.2 Å². The van der Waals surface area contributed by atoms with Crippen molar-refractivity contribution in [1.29, 1.82) is 0 Å². The van der Waals surface area contributed by atoms with Gasteiger partial charge in [0, 0.05) is 161 Å². The number of alkyl halides is 9. The lowest BCUT2D eigenvalue weighted by atomic mass is 10.0. The molecule has 33 heteroatoms. The molecule has 12 heterocycles. The van der Waals surface area contributed by atoms with Crippen LogP contribution >= 0.6 is 0 Å². The second-order valence-electron chi connectivity index (χ2n) is 26.0. The van der Waals surface area contributed by atoms with E-state index in [2.05, 4.69) is 102 Å². The van der Waals surface area contributed by atoms with Gasteiger partial charge in [0.2, 0.25) is 0 Å². The molecule has 3 saturated heterocycles. The molecular weight excluding hydrogens is 1440 g/mol. The number of fused-ring (bicyclic) bond motifs is 3. The van der Waals surface area contributed by atoms with Crippen LogP contribution in [-0.2, 0) is 38.2 Å². The summed E-state index contributed by atoms with van der Waals surface area (Å²) < 4.78 is 128. The molecule has 0 spiro atoms. The minimum Gasteiger partial charge on any atom is -0.390 e. The lowest BCUT2D eigenvalue weighted by Crippen LogP contribution is -2.56. The Kier molecular flexibility index (Phi) is 22.2. The molecule has 0 atom stereocenters. The first-order valence-corrected chi connectivity index (χ1v) is 33.8. The summed E-state index contributed by atoms with van der Waals surface area (Å²) >= 11 is 0. The smallest absolute Gasteiger partial charge is 0.390 e. The summed E-state index contributed by atoms with van der Waals surface area (Å²) in [4.78, 5) is 70.7. The van der Waals surface area contributed by atoms with Crippen LogP contribution in [0.5, 0.6) is 0 Å². The summed E-state index contributed by atoms with van der Waals surface area (Å²) in [5, 5.41) is 29.5. The second-order valence-corrected chi connectivity index (χ2v) is 26.0. The average Bonchev–Trinajstić information content (AvgIpc) is 1.32. The molecule has 9 aromatic heterocycles. The Morgan fingerprint density at radius 2 is 0.764 bits per heavy atom. The zero-order chi connectivity index (χ0) is 77.4. The average molecular weight is 1500 g/mol. The van der Waals surface area contributed by atoms with E-state index in [9.17, 15) is 59.0 Å². The number of aromatic nitrogens is 12. The topological polar surface area (TPSA) is 276 Å². The maximum atomic E-state index is 13.8. The molecule has 6 N–H and O–H groups in total. The molecule has 3 fully saturated rings. The Balaban J connectivity index is 0.000000145. The number of rotatable bonds is 13. The van der Waals surface area contributed by atoms with Crippen LogP contribution in [0.25, 0.3) is 16.9 Å². The SMILES string of the molecule is CN(C)C1CN(Cc2ccc(NC(=O)c3cncc(C#Cc4cnc5cccnn45)c3)cc2C(F)(F)F)C1.NC1CN(Cc2ccc(NC(=O)c3cncc(C#Cc4cnc5cccnn45)c3)cc2C(F)(F)F)C1.O=C(Nc1ccc(CN2CC(O)C2)c(C(F)(F)F)c1)c1cncc(C#Cc2cnc3cccnn23)c1. The molecule has 0 aliphatic carbocycles. The molecule has 3 aliphatic heterocycles. The van der Waals surface area contributed by atoms with E-state index in [-0.39, 0.29) is 76.1 Å². The number of likely N-dealkylation sites (tertiary alicyclic amines) is 3. The van der Waals surface area contributed by atoms with Gasteiger partial charge in [-0.25, -0.2) is 28.5 Å². The van der Waals surface area contributed by atoms with E-state index in [4.69, 9.17) is 5.73 Å².